The fourth-order valence-corrected chi connectivity index (χ4v) is 6.28. The molecule has 0 radical (unpaired) electrons. The minimum atomic E-state index is -0.218. The van der Waals surface area contributed by atoms with Crippen LogP contribution in [-0.2, 0) is 22.4 Å². The summed E-state index contributed by atoms with van der Waals surface area (Å²) in [6.45, 7) is 0.822. The van der Waals surface area contributed by atoms with Crippen LogP contribution in [0.5, 0.6) is 0 Å². The summed E-state index contributed by atoms with van der Waals surface area (Å²) in [5.41, 5.74) is 6.88. The first kappa shape index (κ1) is 19.3. The van der Waals surface area contributed by atoms with Crippen molar-refractivity contribution in [2.45, 2.75) is 49.7 Å². The molecule has 2 aliphatic carbocycles. The highest BCUT2D eigenvalue weighted by Gasteiger charge is 2.74. The Morgan fingerprint density at radius 2 is 1.88 bits per heavy atom. The molecule has 1 spiro atoms. The predicted molar refractivity (Wildman–Crippen MR) is 125 cm³/mol. The Bertz CT molecular complexity index is 1320. The summed E-state index contributed by atoms with van der Waals surface area (Å²) >= 11 is 0. The molecule has 2 aromatic carbocycles. The molecule has 3 fully saturated rings. The van der Waals surface area contributed by atoms with Crippen LogP contribution >= 0.6 is 0 Å². The van der Waals surface area contributed by atoms with Gasteiger partial charge in [0.2, 0.25) is 5.91 Å². The minimum Gasteiger partial charge on any atom is -0.357 e. The molecule has 1 unspecified atom stereocenters. The van der Waals surface area contributed by atoms with Gasteiger partial charge in [0.05, 0.1) is 0 Å². The summed E-state index contributed by atoms with van der Waals surface area (Å²) in [6.07, 6.45) is 9.93. The van der Waals surface area contributed by atoms with Crippen molar-refractivity contribution in [2.75, 3.05) is 11.4 Å². The van der Waals surface area contributed by atoms with Crippen molar-refractivity contribution in [3.8, 4) is 5.69 Å². The van der Waals surface area contributed by atoms with Crippen molar-refractivity contribution in [3.63, 3.8) is 0 Å². The zero-order chi connectivity index (χ0) is 22.2. The number of carbonyl (C=O) groups excluding carboxylic acids is 1. The number of ether oxygens (including phenoxy) is 1. The van der Waals surface area contributed by atoms with Crippen LogP contribution in [0.15, 0.2) is 66.4 Å². The maximum Gasteiger partial charge on any atom is 0.228 e. The molecule has 2 aliphatic heterocycles. The number of β-lactam (4-membered cyclic amide) rings is 1. The van der Waals surface area contributed by atoms with Gasteiger partial charge < -0.3 is 14.2 Å². The van der Waals surface area contributed by atoms with Crippen LogP contribution in [-0.4, -0.2) is 28.2 Å². The average molecular weight is 441 g/mol. The number of aromatic nitrogens is 1. The third kappa shape index (κ3) is 2.69. The monoisotopic (exact) mass is 440 g/mol. The number of aryl methyl sites for hydroxylation is 1. The first-order chi connectivity index (χ1) is 16.1. The minimum absolute atomic E-state index is 0.0967. The lowest BCUT2D eigenvalue weighted by atomic mass is 9.81. The van der Waals surface area contributed by atoms with Gasteiger partial charge in [-0.15, -0.1) is 0 Å². The van der Waals surface area contributed by atoms with Crippen LogP contribution < -0.4 is 4.90 Å². The van der Waals surface area contributed by atoms with Crippen molar-refractivity contribution in [2.24, 2.45) is 0 Å². The van der Waals surface area contributed by atoms with Crippen LogP contribution in [0, 0.1) is 5.82 Å². The molecule has 3 heterocycles. The van der Waals surface area contributed by atoms with E-state index in [2.05, 4.69) is 41.1 Å². The predicted octanol–water partition coefficient (Wildman–Crippen LogP) is 5.23. The highest BCUT2D eigenvalue weighted by Crippen LogP contribution is 2.67. The maximum atomic E-state index is 13.4. The second-order valence-corrected chi connectivity index (χ2v) is 9.77. The van der Waals surface area contributed by atoms with Crippen LogP contribution in [0.2, 0.25) is 0 Å². The Kier molecular flexibility index (Phi) is 3.90. The van der Waals surface area contributed by atoms with Gasteiger partial charge in [0.15, 0.2) is 0 Å². The van der Waals surface area contributed by atoms with Crippen molar-refractivity contribution in [1.29, 1.82) is 0 Å². The summed E-state index contributed by atoms with van der Waals surface area (Å²) < 4.78 is 22.1. The molecule has 3 aromatic rings. The normalized spacial score (nSPS) is 26.9. The summed E-state index contributed by atoms with van der Waals surface area (Å²) in [6, 6.07) is 17.1. The Morgan fingerprint density at radius 1 is 1.03 bits per heavy atom. The zero-order valence-electron chi connectivity index (χ0n) is 18.4. The molecule has 2 atom stereocenters. The van der Waals surface area contributed by atoms with Crippen molar-refractivity contribution in [3.05, 3.63) is 89.0 Å². The summed E-state index contributed by atoms with van der Waals surface area (Å²) in [5.74, 6) is 0.000374. The Hall–Kier alpha value is -3.18. The quantitative estimate of drug-likeness (QED) is 0.403. The summed E-state index contributed by atoms with van der Waals surface area (Å²) in [4.78, 5) is 13.9. The lowest BCUT2D eigenvalue weighted by Gasteiger charge is -2.32. The molecule has 1 amide bonds. The highest BCUT2D eigenvalue weighted by molar-refractivity contribution is 6.00. The number of rotatable bonds is 5. The molecular weight excluding hydrogens is 415 g/mol. The van der Waals surface area contributed by atoms with E-state index in [-0.39, 0.29) is 22.9 Å². The SMILES string of the molecule is O=C1CCN1c1ccccc1CC[C@]12CCC3=Cc4c(ccn4-c4ccc(F)cc4)CC31O2. The van der Waals surface area contributed by atoms with E-state index in [4.69, 9.17) is 4.74 Å². The number of anilines is 1. The van der Waals surface area contributed by atoms with Crippen molar-refractivity contribution >= 4 is 17.7 Å². The molecule has 1 saturated carbocycles. The first-order valence-corrected chi connectivity index (χ1v) is 11.8. The zero-order valence-corrected chi connectivity index (χ0v) is 18.4. The number of halogens is 1. The summed E-state index contributed by atoms with van der Waals surface area (Å²) in [7, 11) is 0. The molecule has 0 bridgehead atoms. The van der Waals surface area contributed by atoms with Gasteiger partial charge in [0.25, 0.3) is 0 Å². The lowest BCUT2D eigenvalue weighted by Crippen LogP contribution is -2.43. The van der Waals surface area contributed by atoms with Gasteiger partial charge in [-0.1, -0.05) is 18.2 Å². The van der Waals surface area contributed by atoms with E-state index in [0.717, 1.165) is 50.0 Å². The van der Waals surface area contributed by atoms with Gasteiger partial charge in [0, 0.05) is 42.7 Å². The molecule has 0 N–H and O–H groups in total. The van der Waals surface area contributed by atoms with Gasteiger partial charge in [0.1, 0.15) is 17.0 Å². The van der Waals surface area contributed by atoms with Crippen LogP contribution in [0.4, 0.5) is 10.1 Å². The fraction of sp³-hybridized carbons (Fsp3) is 0.321. The average Bonchev–Trinajstić information content (AvgIpc) is 3.09. The molecule has 2 saturated heterocycles. The standard InChI is InChI=1S/C28H25FN2O2/c29-22-5-7-23(8-6-22)30-15-11-20-18-28-21(17-25(20)30)10-14-27(28,33-28)13-9-19-3-1-2-4-24(19)31-16-12-26(31)32/h1-8,11,15,17H,9-10,12-14,16,18H2/t27-,28?/m0/s1. The van der Waals surface area contributed by atoms with Crippen LogP contribution in [0.3, 0.4) is 0 Å². The molecule has 1 aromatic heterocycles. The number of hydrogen-bond donors (Lipinski definition) is 0. The van der Waals surface area contributed by atoms with Crippen LogP contribution in [0.25, 0.3) is 11.8 Å². The molecule has 5 heteroatoms. The summed E-state index contributed by atoms with van der Waals surface area (Å²) in [5, 5.41) is 0. The fourth-order valence-electron chi connectivity index (χ4n) is 6.28. The number of hydrogen-bond acceptors (Lipinski definition) is 2. The van der Waals surface area contributed by atoms with Gasteiger partial charge in [-0.25, -0.2) is 4.39 Å². The number of carbonyl (C=O) groups is 1. The molecule has 4 aliphatic rings. The molecule has 166 valence electrons. The second kappa shape index (κ2) is 6.67. The van der Waals surface area contributed by atoms with Gasteiger partial charge >= 0.3 is 0 Å². The smallest absolute Gasteiger partial charge is 0.228 e. The highest BCUT2D eigenvalue weighted by atomic mass is 19.1. The van der Waals surface area contributed by atoms with Gasteiger partial charge in [-0.3, -0.25) is 4.79 Å². The van der Waals surface area contributed by atoms with Crippen molar-refractivity contribution in [1.82, 2.24) is 4.57 Å². The molecule has 7 rings (SSSR count). The number of amides is 1. The Labute approximate surface area is 192 Å². The number of epoxide rings is 1. The number of benzene rings is 2. The second-order valence-electron chi connectivity index (χ2n) is 9.77. The third-order valence-corrected chi connectivity index (χ3v) is 8.18. The topological polar surface area (TPSA) is 37.8 Å². The van der Waals surface area contributed by atoms with E-state index in [1.54, 1.807) is 0 Å². The van der Waals surface area contributed by atoms with Gasteiger partial charge in [-0.05, 0) is 84.9 Å². The molecule has 4 nitrogen and oxygen atoms in total. The maximum absolute atomic E-state index is 13.4. The molecule has 33 heavy (non-hydrogen) atoms. The largest absolute Gasteiger partial charge is 0.357 e. The lowest BCUT2D eigenvalue weighted by molar-refractivity contribution is -0.122. The van der Waals surface area contributed by atoms with Gasteiger partial charge in [-0.2, -0.15) is 0 Å². The van der Waals surface area contributed by atoms with E-state index >= 15 is 0 Å². The third-order valence-electron chi connectivity index (χ3n) is 8.18. The van der Waals surface area contributed by atoms with E-state index < -0.39 is 0 Å². The van der Waals surface area contributed by atoms with E-state index in [1.165, 1.54) is 34.5 Å². The van der Waals surface area contributed by atoms with E-state index in [0.29, 0.717) is 6.42 Å². The Morgan fingerprint density at radius 3 is 2.67 bits per heavy atom. The molecular formula is C28H25FN2O2. The number of para-hydroxylation sites is 1. The first-order valence-electron chi connectivity index (χ1n) is 11.8. The number of fused-ring (bicyclic) bond motifs is 1. The van der Waals surface area contributed by atoms with Crippen LogP contribution in [0.1, 0.15) is 42.5 Å². The van der Waals surface area contributed by atoms with E-state index in [9.17, 15) is 9.18 Å². The van der Waals surface area contributed by atoms with Crippen molar-refractivity contribution < 1.29 is 13.9 Å². The number of nitrogens with zero attached hydrogens (tertiary/aromatic N) is 2. The Balaban J connectivity index is 1.15. The van der Waals surface area contributed by atoms with E-state index in [1.807, 2.05) is 23.1 Å².